The molecule has 0 aliphatic heterocycles. The SMILES string of the molecule is CCCCN(CCCC)C(=O)CC(C)Cl. The van der Waals surface area contributed by atoms with Gasteiger partial charge in [0.25, 0.3) is 0 Å². The van der Waals surface area contributed by atoms with E-state index in [1.807, 2.05) is 11.8 Å². The Balaban J connectivity index is 4.01. The van der Waals surface area contributed by atoms with Crippen LogP contribution in [0.3, 0.4) is 0 Å². The molecule has 3 heteroatoms. The average Bonchev–Trinajstić information content (AvgIpc) is 2.17. The maximum absolute atomic E-state index is 11.8. The molecule has 2 nitrogen and oxygen atoms in total. The average molecular weight is 234 g/mol. The Bertz CT molecular complexity index is 163. The summed E-state index contributed by atoms with van der Waals surface area (Å²) in [5.41, 5.74) is 0. The van der Waals surface area contributed by atoms with E-state index in [9.17, 15) is 4.79 Å². The second-order valence-corrected chi connectivity index (χ2v) is 4.82. The molecule has 0 bridgehead atoms. The standard InChI is InChI=1S/C12H24ClNO/c1-4-6-8-14(9-7-5-2)12(15)10-11(3)13/h11H,4-10H2,1-3H3. The van der Waals surface area contributed by atoms with Crippen LogP contribution in [0.1, 0.15) is 52.9 Å². The van der Waals surface area contributed by atoms with Crippen LogP contribution in [0.15, 0.2) is 0 Å². The molecule has 0 aliphatic carbocycles. The van der Waals surface area contributed by atoms with Crippen molar-refractivity contribution in [2.24, 2.45) is 0 Å². The third-order valence-electron chi connectivity index (χ3n) is 2.37. The summed E-state index contributed by atoms with van der Waals surface area (Å²) >= 11 is 5.84. The lowest BCUT2D eigenvalue weighted by atomic mass is 10.2. The molecule has 1 atom stereocenters. The molecule has 0 aromatic carbocycles. The number of carbonyl (C=O) groups is 1. The maximum atomic E-state index is 11.8. The van der Waals surface area contributed by atoms with E-state index in [1.54, 1.807) is 0 Å². The minimum absolute atomic E-state index is 0.0525. The first-order chi connectivity index (χ1) is 7.11. The predicted octanol–water partition coefficient (Wildman–Crippen LogP) is 3.43. The molecular weight excluding hydrogens is 210 g/mol. The lowest BCUT2D eigenvalue weighted by molar-refractivity contribution is -0.131. The van der Waals surface area contributed by atoms with E-state index < -0.39 is 0 Å². The molecular formula is C12H24ClNO. The molecule has 15 heavy (non-hydrogen) atoms. The number of carbonyl (C=O) groups excluding carboxylic acids is 1. The van der Waals surface area contributed by atoms with Gasteiger partial charge >= 0.3 is 0 Å². The number of halogens is 1. The van der Waals surface area contributed by atoms with E-state index >= 15 is 0 Å². The zero-order chi connectivity index (χ0) is 11.7. The van der Waals surface area contributed by atoms with E-state index in [4.69, 9.17) is 11.6 Å². The van der Waals surface area contributed by atoms with Gasteiger partial charge in [0.15, 0.2) is 0 Å². The molecule has 0 saturated heterocycles. The summed E-state index contributed by atoms with van der Waals surface area (Å²) in [6.45, 7) is 7.94. The molecule has 0 radical (unpaired) electrons. The molecule has 0 aliphatic rings. The molecule has 0 spiro atoms. The number of alkyl halides is 1. The summed E-state index contributed by atoms with van der Waals surface area (Å²) in [6, 6.07) is 0. The highest BCUT2D eigenvalue weighted by Gasteiger charge is 2.14. The van der Waals surface area contributed by atoms with Crippen molar-refractivity contribution in [2.45, 2.75) is 58.3 Å². The first-order valence-electron chi connectivity index (χ1n) is 6.03. The highest BCUT2D eigenvalue weighted by molar-refractivity contribution is 6.21. The van der Waals surface area contributed by atoms with Crippen molar-refractivity contribution in [3.05, 3.63) is 0 Å². The molecule has 0 aromatic heterocycles. The van der Waals surface area contributed by atoms with Crippen LogP contribution in [0, 0.1) is 0 Å². The summed E-state index contributed by atoms with van der Waals surface area (Å²) in [4.78, 5) is 13.8. The third kappa shape index (κ3) is 7.66. The lowest BCUT2D eigenvalue weighted by Crippen LogP contribution is -2.33. The number of amides is 1. The van der Waals surface area contributed by atoms with E-state index in [2.05, 4.69) is 13.8 Å². The van der Waals surface area contributed by atoms with E-state index in [0.717, 1.165) is 38.8 Å². The van der Waals surface area contributed by atoms with Crippen LogP contribution < -0.4 is 0 Å². The zero-order valence-corrected chi connectivity index (χ0v) is 11.0. The topological polar surface area (TPSA) is 20.3 Å². The van der Waals surface area contributed by atoms with Crippen LogP contribution in [-0.2, 0) is 4.79 Å². The van der Waals surface area contributed by atoms with Crippen molar-refractivity contribution < 1.29 is 4.79 Å². The summed E-state index contributed by atoms with van der Waals surface area (Å²) in [5, 5.41) is -0.0525. The molecule has 1 amide bonds. The van der Waals surface area contributed by atoms with Crippen molar-refractivity contribution in [3.63, 3.8) is 0 Å². The van der Waals surface area contributed by atoms with Crippen molar-refractivity contribution in [3.8, 4) is 0 Å². The van der Waals surface area contributed by atoms with Crippen LogP contribution in [0.2, 0.25) is 0 Å². The molecule has 0 fully saturated rings. The Morgan fingerprint density at radius 2 is 1.67 bits per heavy atom. The third-order valence-corrected chi connectivity index (χ3v) is 2.53. The minimum atomic E-state index is -0.0525. The van der Waals surface area contributed by atoms with Gasteiger partial charge in [0.2, 0.25) is 5.91 Å². The first kappa shape index (κ1) is 14.8. The van der Waals surface area contributed by atoms with Gasteiger partial charge in [-0.05, 0) is 19.8 Å². The van der Waals surface area contributed by atoms with Gasteiger partial charge in [0.05, 0.1) is 0 Å². The molecule has 0 heterocycles. The van der Waals surface area contributed by atoms with Gasteiger partial charge in [-0.25, -0.2) is 0 Å². The molecule has 0 N–H and O–H groups in total. The van der Waals surface area contributed by atoms with E-state index in [1.165, 1.54) is 0 Å². The van der Waals surface area contributed by atoms with Crippen LogP contribution >= 0.6 is 11.6 Å². The lowest BCUT2D eigenvalue weighted by Gasteiger charge is -2.22. The van der Waals surface area contributed by atoms with Crippen LogP contribution in [-0.4, -0.2) is 29.3 Å². The van der Waals surface area contributed by atoms with Crippen LogP contribution in [0.25, 0.3) is 0 Å². The van der Waals surface area contributed by atoms with Crippen molar-refractivity contribution in [1.82, 2.24) is 4.90 Å². The Hall–Kier alpha value is -0.240. The summed E-state index contributed by atoms with van der Waals surface area (Å²) in [5.74, 6) is 0.208. The van der Waals surface area contributed by atoms with Gasteiger partial charge in [-0.3, -0.25) is 4.79 Å². The number of hydrogen-bond acceptors (Lipinski definition) is 1. The van der Waals surface area contributed by atoms with Gasteiger partial charge in [0.1, 0.15) is 0 Å². The fourth-order valence-corrected chi connectivity index (χ4v) is 1.56. The zero-order valence-electron chi connectivity index (χ0n) is 10.3. The minimum Gasteiger partial charge on any atom is -0.343 e. The van der Waals surface area contributed by atoms with Crippen LogP contribution in [0.4, 0.5) is 0 Å². The number of rotatable bonds is 8. The second-order valence-electron chi connectivity index (χ2n) is 4.07. The molecule has 90 valence electrons. The Labute approximate surface area is 99.0 Å². The van der Waals surface area contributed by atoms with Crippen molar-refractivity contribution in [1.29, 1.82) is 0 Å². The number of hydrogen-bond donors (Lipinski definition) is 0. The van der Waals surface area contributed by atoms with Crippen LogP contribution in [0.5, 0.6) is 0 Å². The van der Waals surface area contributed by atoms with Gasteiger partial charge < -0.3 is 4.90 Å². The molecule has 0 aromatic rings. The summed E-state index contributed by atoms with van der Waals surface area (Å²) in [6.07, 6.45) is 4.91. The highest BCUT2D eigenvalue weighted by Crippen LogP contribution is 2.07. The number of unbranched alkanes of at least 4 members (excludes halogenated alkanes) is 2. The van der Waals surface area contributed by atoms with E-state index in [-0.39, 0.29) is 11.3 Å². The Morgan fingerprint density at radius 3 is 2.00 bits per heavy atom. The quantitative estimate of drug-likeness (QED) is 0.589. The van der Waals surface area contributed by atoms with E-state index in [0.29, 0.717) is 6.42 Å². The maximum Gasteiger partial charge on any atom is 0.224 e. The predicted molar refractivity (Wildman–Crippen MR) is 66.3 cm³/mol. The fraction of sp³-hybridized carbons (Fsp3) is 0.917. The highest BCUT2D eigenvalue weighted by atomic mass is 35.5. The van der Waals surface area contributed by atoms with Crippen molar-refractivity contribution >= 4 is 17.5 Å². The summed E-state index contributed by atoms with van der Waals surface area (Å²) in [7, 11) is 0. The first-order valence-corrected chi connectivity index (χ1v) is 6.47. The van der Waals surface area contributed by atoms with Gasteiger partial charge in [-0.1, -0.05) is 26.7 Å². The molecule has 0 rings (SSSR count). The van der Waals surface area contributed by atoms with Crippen molar-refractivity contribution in [2.75, 3.05) is 13.1 Å². The van der Waals surface area contributed by atoms with Gasteiger partial charge in [-0.15, -0.1) is 11.6 Å². The fourth-order valence-electron chi connectivity index (χ4n) is 1.43. The molecule has 0 saturated carbocycles. The summed E-state index contributed by atoms with van der Waals surface area (Å²) < 4.78 is 0. The normalized spacial score (nSPS) is 12.5. The second kappa shape index (κ2) is 9.02. The smallest absolute Gasteiger partial charge is 0.224 e. The Morgan fingerprint density at radius 1 is 1.20 bits per heavy atom. The monoisotopic (exact) mass is 233 g/mol. The largest absolute Gasteiger partial charge is 0.343 e. The van der Waals surface area contributed by atoms with Gasteiger partial charge in [-0.2, -0.15) is 0 Å². The number of nitrogens with zero attached hydrogens (tertiary/aromatic N) is 1. The molecule has 1 unspecified atom stereocenters. The Kier molecular flexibility index (Phi) is 8.88. The van der Waals surface area contributed by atoms with Gasteiger partial charge in [0, 0.05) is 24.9 Å².